The second-order valence-electron chi connectivity index (χ2n) is 3.50. The molecule has 1 aliphatic rings. The largest absolute Gasteiger partial charge is 0.338 e. The third-order valence-corrected chi connectivity index (χ3v) is 2.82. The molecular formula is C9H13IN4. The van der Waals surface area contributed by atoms with E-state index in [-0.39, 0.29) is 0 Å². The van der Waals surface area contributed by atoms with Crippen LogP contribution in [0.3, 0.4) is 0 Å². The van der Waals surface area contributed by atoms with Gasteiger partial charge in [-0.1, -0.05) is 0 Å². The van der Waals surface area contributed by atoms with Crippen LogP contribution in [-0.4, -0.2) is 35.6 Å². The Hall–Kier alpha value is -0.430. The van der Waals surface area contributed by atoms with Crippen LogP contribution in [0.25, 0.3) is 0 Å². The minimum absolute atomic E-state index is 0.520. The maximum Gasteiger partial charge on any atom is 0.225 e. The summed E-state index contributed by atoms with van der Waals surface area (Å²) in [6, 6.07) is 0.520. The van der Waals surface area contributed by atoms with Gasteiger partial charge in [-0.3, -0.25) is 0 Å². The molecule has 0 aromatic carbocycles. The normalized spacial score (nSPS) is 22.4. The highest BCUT2D eigenvalue weighted by molar-refractivity contribution is 14.1. The molecule has 1 fully saturated rings. The number of anilines is 1. The van der Waals surface area contributed by atoms with E-state index < -0.39 is 0 Å². The molecule has 2 rings (SSSR count). The van der Waals surface area contributed by atoms with Gasteiger partial charge >= 0.3 is 0 Å². The number of hydrogen-bond donors (Lipinski definition) is 1. The quantitative estimate of drug-likeness (QED) is 0.782. The maximum atomic E-state index is 4.32. The number of piperazine rings is 1. The highest BCUT2D eigenvalue weighted by atomic mass is 127. The van der Waals surface area contributed by atoms with E-state index in [0.717, 1.165) is 29.2 Å². The standard InChI is InChI=1S/C9H13IN4/c1-7-6-14(3-2-11-7)9-12-4-8(10)5-13-9/h4-5,7,11H,2-3,6H2,1H3/t7-/m0/s1. The monoisotopic (exact) mass is 304 g/mol. The first-order valence-electron chi connectivity index (χ1n) is 4.71. The molecule has 1 aromatic heterocycles. The third-order valence-electron chi connectivity index (χ3n) is 2.26. The zero-order valence-electron chi connectivity index (χ0n) is 8.07. The smallest absolute Gasteiger partial charge is 0.225 e. The lowest BCUT2D eigenvalue weighted by molar-refractivity contribution is 0.479. The Bertz CT molecular complexity index is 300. The summed E-state index contributed by atoms with van der Waals surface area (Å²) in [4.78, 5) is 10.9. The van der Waals surface area contributed by atoms with E-state index in [2.05, 4.69) is 49.7 Å². The molecule has 4 nitrogen and oxygen atoms in total. The zero-order valence-corrected chi connectivity index (χ0v) is 10.2. The Balaban J connectivity index is 2.10. The van der Waals surface area contributed by atoms with Crippen LogP contribution in [0.1, 0.15) is 6.92 Å². The van der Waals surface area contributed by atoms with Gasteiger partial charge in [-0.2, -0.15) is 0 Å². The van der Waals surface area contributed by atoms with Crippen molar-refractivity contribution in [3.05, 3.63) is 16.0 Å². The van der Waals surface area contributed by atoms with Crippen LogP contribution >= 0.6 is 22.6 Å². The van der Waals surface area contributed by atoms with Gasteiger partial charge in [0.15, 0.2) is 0 Å². The number of halogens is 1. The minimum Gasteiger partial charge on any atom is -0.338 e. The Morgan fingerprint density at radius 3 is 2.86 bits per heavy atom. The van der Waals surface area contributed by atoms with Crippen molar-refractivity contribution in [3.63, 3.8) is 0 Å². The summed E-state index contributed by atoms with van der Waals surface area (Å²) in [7, 11) is 0. The predicted molar refractivity (Wildman–Crippen MR) is 64.4 cm³/mol. The number of aromatic nitrogens is 2. The lowest BCUT2D eigenvalue weighted by Crippen LogP contribution is -2.49. The van der Waals surface area contributed by atoms with Crippen LogP contribution in [0.5, 0.6) is 0 Å². The molecule has 1 aliphatic heterocycles. The predicted octanol–water partition coefficient (Wildman–Crippen LogP) is 0.879. The topological polar surface area (TPSA) is 41.1 Å². The molecule has 0 saturated carbocycles. The zero-order chi connectivity index (χ0) is 9.97. The van der Waals surface area contributed by atoms with E-state index in [9.17, 15) is 0 Å². The van der Waals surface area contributed by atoms with E-state index in [4.69, 9.17) is 0 Å². The summed E-state index contributed by atoms with van der Waals surface area (Å²) in [5.74, 6) is 0.846. The van der Waals surface area contributed by atoms with Gasteiger partial charge < -0.3 is 10.2 Å². The number of hydrogen-bond acceptors (Lipinski definition) is 4. The van der Waals surface area contributed by atoms with E-state index in [0.29, 0.717) is 6.04 Å². The summed E-state index contributed by atoms with van der Waals surface area (Å²) >= 11 is 2.22. The Kier molecular flexibility index (Phi) is 3.17. The molecule has 1 N–H and O–H groups in total. The van der Waals surface area contributed by atoms with Crippen molar-refractivity contribution in [2.24, 2.45) is 0 Å². The third kappa shape index (κ3) is 2.33. The number of nitrogens with zero attached hydrogens (tertiary/aromatic N) is 3. The molecule has 1 saturated heterocycles. The van der Waals surface area contributed by atoms with Crippen molar-refractivity contribution < 1.29 is 0 Å². The molecule has 2 heterocycles. The molecule has 5 heteroatoms. The first-order valence-corrected chi connectivity index (χ1v) is 5.79. The van der Waals surface area contributed by atoms with Crippen LogP contribution in [0.15, 0.2) is 12.4 Å². The minimum atomic E-state index is 0.520. The van der Waals surface area contributed by atoms with Crippen LogP contribution < -0.4 is 10.2 Å². The molecule has 0 radical (unpaired) electrons. The first-order chi connectivity index (χ1) is 6.75. The molecule has 0 spiro atoms. The average Bonchev–Trinajstić information content (AvgIpc) is 2.19. The Labute approximate surface area is 97.3 Å². The van der Waals surface area contributed by atoms with E-state index in [1.54, 1.807) is 0 Å². The highest BCUT2D eigenvalue weighted by Gasteiger charge is 2.17. The molecule has 0 amide bonds. The molecule has 0 aliphatic carbocycles. The maximum absolute atomic E-state index is 4.32. The van der Waals surface area contributed by atoms with Gasteiger partial charge in [-0.25, -0.2) is 9.97 Å². The highest BCUT2D eigenvalue weighted by Crippen LogP contribution is 2.10. The van der Waals surface area contributed by atoms with Crippen molar-refractivity contribution in [2.45, 2.75) is 13.0 Å². The van der Waals surface area contributed by atoms with Crippen molar-refractivity contribution >= 4 is 28.5 Å². The van der Waals surface area contributed by atoms with Gasteiger partial charge in [-0.05, 0) is 29.5 Å². The SMILES string of the molecule is C[C@H]1CN(c2ncc(I)cn2)CCN1. The molecule has 76 valence electrons. The van der Waals surface area contributed by atoms with E-state index in [1.165, 1.54) is 0 Å². The van der Waals surface area contributed by atoms with E-state index in [1.807, 2.05) is 12.4 Å². The van der Waals surface area contributed by atoms with Crippen LogP contribution in [0, 0.1) is 3.57 Å². The van der Waals surface area contributed by atoms with Crippen molar-refractivity contribution in [2.75, 3.05) is 24.5 Å². The number of nitrogens with one attached hydrogen (secondary N) is 1. The second-order valence-corrected chi connectivity index (χ2v) is 4.75. The van der Waals surface area contributed by atoms with Gasteiger partial charge in [0.1, 0.15) is 0 Å². The van der Waals surface area contributed by atoms with Crippen LogP contribution in [-0.2, 0) is 0 Å². The van der Waals surface area contributed by atoms with Crippen molar-refractivity contribution in [1.29, 1.82) is 0 Å². The van der Waals surface area contributed by atoms with Gasteiger partial charge in [0.05, 0.1) is 0 Å². The molecule has 1 atom stereocenters. The van der Waals surface area contributed by atoms with Gasteiger partial charge in [0.2, 0.25) is 5.95 Å². The van der Waals surface area contributed by atoms with Crippen molar-refractivity contribution in [3.8, 4) is 0 Å². The first kappa shape index (κ1) is 10.1. The molecule has 14 heavy (non-hydrogen) atoms. The summed E-state index contributed by atoms with van der Waals surface area (Å²) in [6.45, 7) is 5.17. The summed E-state index contributed by atoms with van der Waals surface area (Å²) in [5, 5.41) is 3.39. The Morgan fingerprint density at radius 2 is 2.21 bits per heavy atom. The van der Waals surface area contributed by atoms with Gasteiger partial charge in [-0.15, -0.1) is 0 Å². The lowest BCUT2D eigenvalue weighted by Gasteiger charge is -2.31. The summed E-state index contributed by atoms with van der Waals surface area (Å²) in [6.07, 6.45) is 3.71. The molecular weight excluding hydrogens is 291 g/mol. The number of rotatable bonds is 1. The van der Waals surface area contributed by atoms with Gasteiger partial charge in [0.25, 0.3) is 0 Å². The molecule has 0 bridgehead atoms. The second kappa shape index (κ2) is 4.39. The molecule has 1 aromatic rings. The average molecular weight is 304 g/mol. The Morgan fingerprint density at radius 1 is 1.50 bits per heavy atom. The molecule has 0 unspecified atom stereocenters. The fraction of sp³-hybridized carbons (Fsp3) is 0.556. The van der Waals surface area contributed by atoms with Crippen LogP contribution in [0.4, 0.5) is 5.95 Å². The summed E-state index contributed by atoms with van der Waals surface area (Å²) in [5.41, 5.74) is 0. The fourth-order valence-corrected chi connectivity index (χ4v) is 1.86. The van der Waals surface area contributed by atoms with Crippen molar-refractivity contribution in [1.82, 2.24) is 15.3 Å². The van der Waals surface area contributed by atoms with E-state index >= 15 is 0 Å². The van der Waals surface area contributed by atoms with Gasteiger partial charge in [0, 0.05) is 41.6 Å². The van der Waals surface area contributed by atoms with Crippen LogP contribution in [0.2, 0.25) is 0 Å². The fourth-order valence-electron chi connectivity index (χ4n) is 1.58. The lowest BCUT2D eigenvalue weighted by atomic mass is 10.2. The summed E-state index contributed by atoms with van der Waals surface area (Å²) < 4.78 is 1.08.